The van der Waals surface area contributed by atoms with E-state index in [1.165, 1.54) is 0 Å². The lowest BCUT2D eigenvalue weighted by Gasteiger charge is -1.99. The number of hydrogen-bond acceptors (Lipinski definition) is 2. The van der Waals surface area contributed by atoms with Gasteiger partial charge in [-0.25, -0.2) is 0 Å². The molecule has 3 heteroatoms. The van der Waals surface area contributed by atoms with Crippen LogP contribution in [0.4, 0.5) is 0 Å². The van der Waals surface area contributed by atoms with Crippen LogP contribution >= 0.6 is 0 Å². The molecule has 1 atom stereocenters. The molecular weight excluding hydrogens is 130 g/mol. The summed E-state index contributed by atoms with van der Waals surface area (Å²) in [6.45, 7) is 6.58. The van der Waals surface area contributed by atoms with Crippen molar-refractivity contribution in [1.29, 1.82) is 0 Å². The molecule has 1 heterocycles. The Kier molecular flexibility index (Phi) is 2.06. The fraction of sp³-hybridized carbons (Fsp3) is 0.571. The van der Waals surface area contributed by atoms with E-state index in [1.54, 1.807) is 6.92 Å². The molecule has 0 aromatic carbocycles. The molecule has 10 heavy (non-hydrogen) atoms. The second kappa shape index (κ2) is 2.84. The first kappa shape index (κ1) is 7.28. The molecule has 0 radical (unpaired) electrons. The summed E-state index contributed by atoms with van der Waals surface area (Å²) in [6.07, 6.45) is 0.253. The molecule has 0 saturated carbocycles. The van der Waals surface area contributed by atoms with Crippen LogP contribution in [0.3, 0.4) is 0 Å². The van der Waals surface area contributed by atoms with E-state index in [9.17, 15) is 4.79 Å². The predicted molar refractivity (Wildman–Crippen MR) is 37.6 cm³/mol. The van der Waals surface area contributed by atoms with E-state index in [2.05, 4.69) is 11.9 Å². The van der Waals surface area contributed by atoms with Gasteiger partial charge in [0.1, 0.15) is 0 Å². The fourth-order valence-corrected chi connectivity index (χ4v) is 0.543. The Morgan fingerprint density at radius 3 is 2.90 bits per heavy atom. The van der Waals surface area contributed by atoms with Crippen molar-refractivity contribution in [2.75, 3.05) is 13.2 Å². The van der Waals surface area contributed by atoms with Gasteiger partial charge in [0, 0.05) is 12.1 Å². The molecule has 0 bridgehead atoms. The average Bonchev–Trinajstić information content (AvgIpc) is 2.64. The maximum atomic E-state index is 10.8. The average molecular weight is 141 g/mol. The topological polar surface area (TPSA) is 41.6 Å². The van der Waals surface area contributed by atoms with Crippen molar-refractivity contribution in [3.63, 3.8) is 0 Å². The van der Waals surface area contributed by atoms with Gasteiger partial charge in [0.2, 0.25) is 5.91 Å². The number of hydrogen-bond donors (Lipinski definition) is 1. The van der Waals surface area contributed by atoms with Crippen molar-refractivity contribution in [2.24, 2.45) is 0 Å². The van der Waals surface area contributed by atoms with Crippen molar-refractivity contribution in [3.05, 3.63) is 12.2 Å². The Bertz CT molecular complexity index is 161. The number of amides is 1. The summed E-state index contributed by atoms with van der Waals surface area (Å²) in [5.74, 6) is -0.0875. The highest BCUT2D eigenvalue weighted by Crippen LogP contribution is 2.06. The number of epoxide rings is 1. The van der Waals surface area contributed by atoms with Gasteiger partial charge < -0.3 is 10.1 Å². The fourth-order valence-electron chi connectivity index (χ4n) is 0.543. The maximum Gasteiger partial charge on any atom is 0.246 e. The van der Waals surface area contributed by atoms with Crippen molar-refractivity contribution in [2.45, 2.75) is 13.0 Å². The van der Waals surface area contributed by atoms with Gasteiger partial charge in [-0.2, -0.15) is 0 Å². The normalized spacial score (nSPS) is 21.9. The van der Waals surface area contributed by atoms with Crippen molar-refractivity contribution < 1.29 is 9.53 Å². The first-order valence-electron chi connectivity index (χ1n) is 3.25. The summed E-state index contributed by atoms with van der Waals surface area (Å²) < 4.78 is 4.89. The van der Waals surface area contributed by atoms with Crippen LogP contribution < -0.4 is 5.32 Å². The number of nitrogens with one attached hydrogen (secondary N) is 1. The monoisotopic (exact) mass is 141 g/mol. The van der Waals surface area contributed by atoms with Gasteiger partial charge in [-0.3, -0.25) is 4.79 Å². The Labute approximate surface area is 60.1 Å². The van der Waals surface area contributed by atoms with Crippen LogP contribution in [0.5, 0.6) is 0 Å². The molecule has 1 aliphatic heterocycles. The highest BCUT2D eigenvalue weighted by Gasteiger charge is 2.22. The minimum Gasteiger partial charge on any atom is -0.371 e. The van der Waals surface area contributed by atoms with Gasteiger partial charge in [0.05, 0.1) is 12.7 Å². The zero-order valence-electron chi connectivity index (χ0n) is 6.02. The molecule has 1 rings (SSSR count). The largest absolute Gasteiger partial charge is 0.371 e. The number of carbonyl (C=O) groups is 1. The van der Waals surface area contributed by atoms with E-state index in [-0.39, 0.29) is 12.0 Å². The molecule has 1 fully saturated rings. The molecule has 0 aromatic heterocycles. The van der Waals surface area contributed by atoms with E-state index < -0.39 is 0 Å². The lowest BCUT2D eigenvalue weighted by molar-refractivity contribution is -0.117. The van der Waals surface area contributed by atoms with Crippen molar-refractivity contribution in [3.8, 4) is 0 Å². The third-order valence-electron chi connectivity index (χ3n) is 1.28. The third kappa shape index (κ3) is 2.19. The molecule has 1 saturated heterocycles. The van der Waals surface area contributed by atoms with Crippen LogP contribution in [0.2, 0.25) is 0 Å². The number of rotatable bonds is 3. The minimum atomic E-state index is -0.0875. The molecule has 3 nitrogen and oxygen atoms in total. The third-order valence-corrected chi connectivity index (χ3v) is 1.28. The zero-order valence-corrected chi connectivity index (χ0v) is 6.02. The van der Waals surface area contributed by atoms with Crippen LogP contribution in [-0.2, 0) is 9.53 Å². The number of carbonyl (C=O) groups excluding carboxylic acids is 1. The maximum absolute atomic E-state index is 10.8. The highest BCUT2D eigenvalue weighted by atomic mass is 16.6. The lowest BCUT2D eigenvalue weighted by Crippen LogP contribution is -2.27. The SMILES string of the molecule is C=C(C)C(=O)NCC1CO1. The highest BCUT2D eigenvalue weighted by molar-refractivity contribution is 5.92. The van der Waals surface area contributed by atoms with Gasteiger partial charge in [-0.05, 0) is 6.92 Å². The van der Waals surface area contributed by atoms with Gasteiger partial charge in [-0.1, -0.05) is 6.58 Å². The van der Waals surface area contributed by atoms with Crippen LogP contribution in [0, 0.1) is 0 Å². The summed E-state index contributed by atoms with van der Waals surface area (Å²) >= 11 is 0. The molecule has 1 aliphatic rings. The summed E-state index contributed by atoms with van der Waals surface area (Å²) in [5.41, 5.74) is 0.542. The quantitative estimate of drug-likeness (QED) is 0.446. The molecule has 0 aliphatic carbocycles. The first-order valence-corrected chi connectivity index (χ1v) is 3.25. The Morgan fingerprint density at radius 2 is 2.50 bits per heavy atom. The summed E-state index contributed by atoms with van der Waals surface area (Å²) in [7, 11) is 0. The van der Waals surface area contributed by atoms with Crippen molar-refractivity contribution in [1.82, 2.24) is 5.32 Å². The molecule has 0 aromatic rings. The van der Waals surface area contributed by atoms with E-state index in [4.69, 9.17) is 4.74 Å². The molecule has 0 spiro atoms. The van der Waals surface area contributed by atoms with E-state index in [0.717, 1.165) is 6.61 Å². The summed E-state index contributed by atoms with van der Waals surface area (Å²) in [6, 6.07) is 0. The summed E-state index contributed by atoms with van der Waals surface area (Å²) in [5, 5.41) is 2.68. The van der Waals surface area contributed by atoms with Crippen molar-refractivity contribution >= 4 is 5.91 Å². The van der Waals surface area contributed by atoms with Gasteiger partial charge >= 0.3 is 0 Å². The van der Waals surface area contributed by atoms with Crippen LogP contribution in [0.15, 0.2) is 12.2 Å². The minimum absolute atomic E-state index is 0.0875. The van der Waals surface area contributed by atoms with Gasteiger partial charge in [-0.15, -0.1) is 0 Å². The second-order valence-corrected chi connectivity index (χ2v) is 2.45. The van der Waals surface area contributed by atoms with Gasteiger partial charge in [0.15, 0.2) is 0 Å². The molecule has 1 amide bonds. The predicted octanol–water partition coefficient (Wildman–Crippen LogP) is 0.0775. The molecule has 1 unspecified atom stereocenters. The zero-order chi connectivity index (χ0) is 7.56. The van der Waals surface area contributed by atoms with E-state index in [0.29, 0.717) is 12.1 Å². The Morgan fingerprint density at radius 1 is 1.90 bits per heavy atom. The second-order valence-electron chi connectivity index (χ2n) is 2.45. The molecular formula is C7H11NO2. The van der Waals surface area contributed by atoms with Crippen LogP contribution in [-0.4, -0.2) is 25.2 Å². The summed E-state index contributed by atoms with van der Waals surface area (Å²) in [4.78, 5) is 10.8. The standard InChI is InChI=1S/C7H11NO2/c1-5(2)7(9)8-3-6-4-10-6/h6H,1,3-4H2,2H3,(H,8,9). The first-order chi connectivity index (χ1) is 4.70. The Hall–Kier alpha value is -0.830. The molecule has 1 N–H and O–H groups in total. The van der Waals surface area contributed by atoms with E-state index >= 15 is 0 Å². The molecule has 56 valence electrons. The Balaban J connectivity index is 2.11. The van der Waals surface area contributed by atoms with Crippen LogP contribution in [0.1, 0.15) is 6.92 Å². The smallest absolute Gasteiger partial charge is 0.246 e. The van der Waals surface area contributed by atoms with Crippen LogP contribution in [0.25, 0.3) is 0 Å². The lowest BCUT2D eigenvalue weighted by atomic mass is 10.3. The number of ether oxygens (including phenoxy) is 1. The van der Waals surface area contributed by atoms with E-state index in [1.807, 2.05) is 0 Å². The van der Waals surface area contributed by atoms with Gasteiger partial charge in [0.25, 0.3) is 0 Å².